The molecule has 162 valence electrons. The van der Waals surface area contributed by atoms with Crippen LogP contribution in [0.2, 0.25) is 0 Å². The van der Waals surface area contributed by atoms with Gasteiger partial charge in [0.1, 0.15) is 5.69 Å². The molecule has 0 aliphatic rings. The van der Waals surface area contributed by atoms with E-state index in [9.17, 15) is 23.3 Å². The highest BCUT2D eigenvalue weighted by Crippen LogP contribution is 2.27. The number of nitrogens with zero attached hydrogens (tertiary/aromatic N) is 3. The second kappa shape index (κ2) is 9.39. The minimum Gasteiger partial charge on any atom is -0.378 e. The molecule has 0 atom stereocenters. The van der Waals surface area contributed by atoms with Crippen molar-refractivity contribution in [3.8, 4) is 0 Å². The van der Waals surface area contributed by atoms with Crippen LogP contribution in [0.3, 0.4) is 0 Å². The molecule has 11 heteroatoms. The molecule has 1 aromatic heterocycles. The van der Waals surface area contributed by atoms with Crippen molar-refractivity contribution in [3.05, 3.63) is 82.2 Å². The van der Waals surface area contributed by atoms with Crippen LogP contribution in [0.25, 0.3) is 0 Å². The average molecular weight is 443 g/mol. The predicted molar refractivity (Wildman–Crippen MR) is 115 cm³/mol. The van der Waals surface area contributed by atoms with E-state index in [4.69, 9.17) is 0 Å². The molecule has 0 radical (unpaired) electrons. The van der Waals surface area contributed by atoms with Crippen molar-refractivity contribution in [2.45, 2.75) is 11.4 Å². The largest absolute Gasteiger partial charge is 0.378 e. The molecule has 0 saturated carbocycles. The minimum absolute atomic E-state index is 0.134. The zero-order valence-corrected chi connectivity index (χ0v) is 17.5. The molecule has 0 saturated heterocycles. The summed E-state index contributed by atoms with van der Waals surface area (Å²) in [6, 6.07) is 13.4. The molecular weight excluding hydrogens is 422 g/mol. The number of anilines is 1. The fourth-order valence-corrected chi connectivity index (χ4v) is 3.50. The van der Waals surface area contributed by atoms with Crippen LogP contribution in [0.1, 0.15) is 15.9 Å². The van der Waals surface area contributed by atoms with Gasteiger partial charge in [-0.05, 0) is 17.7 Å². The van der Waals surface area contributed by atoms with Crippen molar-refractivity contribution in [3.63, 3.8) is 0 Å². The van der Waals surface area contributed by atoms with Gasteiger partial charge in [0.2, 0.25) is 0 Å². The summed E-state index contributed by atoms with van der Waals surface area (Å²) in [4.78, 5) is 22.7. The van der Waals surface area contributed by atoms with E-state index in [0.29, 0.717) is 12.1 Å². The molecule has 1 heterocycles. The lowest BCUT2D eigenvalue weighted by Crippen LogP contribution is -2.28. The van der Waals surface area contributed by atoms with Gasteiger partial charge in [-0.3, -0.25) is 19.6 Å². The average Bonchev–Trinajstić information content (AvgIpc) is 3.19. The molecule has 3 aromatic rings. The van der Waals surface area contributed by atoms with Gasteiger partial charge in [-0.2, -0.15) is 5.10 Å². The molecule has 0 aliphatic carbocycles. The molecule has 0 spiro atoms. The first-order valence-electron chi connectivity index (χ1n) is 9.31. The molecule has 31 heavy (non-hydrogen) atoms. The van der Waals surface area contributed by atoms with Crippen LogP contribution in [-0.4, -0.2) is 48.4 Å². The number of carbonyl (C=O) groups excluding carboxylic acids is 1. The molecule has 0 bridgehead atoms. The molecule has 0 unspecified atom stereocenters. The zero-order chi connectivity index (χ0) is 22.4. The summed E-state index contributed by atoms with van der Waals surface area (Å²) < 4.78 is 24.9. The lowest BCUT2D eigenvalue weighted by atomic mass is 10.2. The molecule has 0 aliphatic heterocycles. The second-order valence-corrected chi connectivity index (χ2v) is 8.82. The van der Waals surface area contributed by atoms with Crippen molar-refractivity contribution >= 4 is 27.1 Å². The molecule has 3 rings (SSSR count). The highest BCUT2D eigenvalue weighted by atomic mass is 32.2. The van der Waals surface area contributed by atoms with Gasteiger partial charge in [-0.25, -0.2) is 8.42 Å². The van der Waals surface area contributed by atoms with Crippen LogP contribution >= 0.6 is 0 Å². The first kappa shape index (κ1) is 22.0. The topological polar surface area (TPSA) is 136 Å². The van der Waals surface area contributed by atoms with Crippen LogP contribution in [0, 0.1) is 10.1 Å². The number of aromatic nitrogens is 2. The number of nitro benzene ring substituents is 1. The Morgan fingerprint density at radius 3 is 2.58 bits per heavy atom. The number of nitro groups is 1. The van der Waals surface area contributed by atoms with Crippen LogP contribution in [0.15, 0.2) is 65.8 Å². The number of amides is 1. The van der Waals surface area contributed by atoms with Crippen LogP contribution < -0.4 is 10.6 Å². The van der Waals surface area contributed by atoms with E-state index >= 15 is 0 Å². The second-order valence-electron chi connectivity index (χ2n) is 6.80. The first-order chi connectivity index (χ1) is 14.7. The molecule has 0 fully saturated rings. The van der Waals surface area contributed by atoms with Crippen molar-refractivity contribution in [2.24, 2.45) is 0 Å². The Bertz CT molecular complexity index is 1190. The maximum Gasteiger partial charge on any atom is 0.293 e. The quantitative estimate of drug-likeness (QED) is 0.293. The van der Waals surface area contributed by atoms with E-state index in [1.54, 1.807) is 10.9 Å². The lowest BCUT2D eigenvalue weighted by molar-refractivity contribution is -0.384. The minimum atomic E-state index is -3.56. The fourth-order valence-electron chi connectivity index (χ4n) is 2.86. The smallest absolute Gasteiger partial charge is 0.293 e. The highest BCUT2D eigenvalue weighted by molar-refractivity contribution is 7.90. The number of rotatable bonds is 9. The molecule has 2 N–H and O–H groups in total. The number of nitrogens with one attached hydrogen (secondary N) is 2. The van der Waals surface area contributed by atoms with E-state index in [0.717, 1.165) is 17.9 Å². The van der Waals surface area contributed by atoms with Crippen molar-refractivity contribution in [1.82, 2.24) is 15.1 Å². The SMILES string of the molecule is CS(=O)(=O)c1ccc(NCCNC(=O)c2cnn(Cc3ccccc3)c2)c([N+](=O)[O-])c1. The van der Waals surface area contributed by atoms with Gasteiger partial charge in [0, 0.05) is 31.6 Å². The Morgan fingerprint density at radius 2 is 1.90 bits per heavy atom. The monoisotopic (exact) mass is 443 g/mol. The Kier molecular flexibility index (Phi) is 6.65. The number of sulfone groups is 1. The van der Waals surface area contributed by atoms with Gasteiger partial charge in [-0.15, -0.1) is 0 Å². The summed E-state index contributed by atoms with van der Waals surface area (Å²) in [6.07, 6.45) is 4.10. The fraction of sp³-hybridized carbons (Fsp3) is 0.200. The van der Waals surface area contributed by atoms with E-state index in [1.165, 1.54) is 18.3 Å². The number of carbonyl (C=O) groups is 1. The third-order valence-corrected chi connectivity index (χ3v) is 5.51. The van der Waals surface area contributed by atoms with E-state index < -0.39 is 14.8 Å². The maximum atomic E-state index is 12.3. The van der Waals surface area contributed by atoms with E-state index in [-0.39, 0.29) is 35.3 Å². The third kappa shape index (κ3) is 5.89. The maximum absolute atomic E-state index is 12.3. The molecule has 2 aromatic carbocycles. The first-order valence-corrected chi connectivity index (χ1v) is 11.2. The van der Waals surface area contributed by atoms with Gasteiger partial charge in [-0.1, -0.05) is 30.3 Å². The van der Waals surface area contributed by atoms with Gasteiger partial charge >= 0.3 is 0 Å². The summed E-state index contributed by atoms with van der Waals surface area (Å²) in [5.74, 6) is -0.317. The molecular formula is C20H21N5O5S. The van der Waals surface area contributed by atoms with Gasteiger partial charge in [0.25, 0.3) is 11.6 Å². The zero-order valence-electron chi connectivity index (χ0n) is 16.7. The standard InChI is InChI=1S/C20H21N5O5S/c1-31(29,30)17-7-8-18(19(11-17)25(27)28)21-9-10-22-20(26)16-12-23-24(14-16)13-15-5-3-2-4-6-15/h2-8,11-12,14,21H,9-10,13H2,1H3,(H,22,26). The van der Waals surface area contributed by atoms with Gasteiger partial charge in [0.05, 0.1) is 28.1 Å². The number of hydrogen-bond acceptors (Lipinski definition) is 7. The third-order valence-electron chi connectivity index (χ3n) is 4.40. The number of benzene rings is 2. The van der Waals surface area contributed by atoms with Crippen LogP contribution in [-0.2, 0) is 16.4 Å². The van der Waals surface area contributed by atoms with Crippen molar-refractivity contribution in [2.75, 3.05) is 24.7 Å². The van der Waals surface area contributed by atoms with E-state index in [1.807, 2.05) is 30.3 Å². The summed E-state index contributed by atoms with van der Waals surface area (Å²) in [5, 5.41) is 21.0. The Balaban J connectivity index is 1.54. The lowest BCUT2D eigenvalue weighted by Gasteiger charge is -2.09. The normalized spacial score (nSPS) is 11.1. The summed E-state index contributed by atoms with van der Waals surface area (Å²) in [6.45, 7) is 0.958. The van der Waals surface area contributed by atoms with Crippen LogP contribution in [0.5, 0.6) is 0 Å². The van der Waals surface area contributed by atoms with Gasteiger partial charge in [0.15, 0.2) is 9.84 Å². The Labute approximate surface area is 179 Å². The summed E-state index contributed by atoms with van der Waals surface area (Å²) >= 11 is 0. The predicted octanol–water partition coefficient (Wildman–Crippen LogP) is 2.08. The Hall–Kier alpha value is -3.73. The van der Waals surface area contributed by atoms with Crippen LogP contribution in [0.4, 0.5) is 11.4 Å². The number of hydrogen-bond donors (Lipinski definition) is 2. The summed E-state index contributed by atoms with van der Waals surface area (Å²) in [5.41, 5.74) is 1.28. The highest BCUT2D eigenvalue weighted by Gasteiger charge is 2.18. The summed E-state index contributed by atoms with van der Waals surface area (Å²) in [7, 11) is -3.56. The van der Waals surface area contributed by atoms with Crippen molar-refractivity contribution < 1.29 is 18.1 Å². The Morgan fingerprint density at radius 1 is 1.16 bits per heavy atom. The van der Waals surface area contributed by atoms with Gasteiger partial charge < -0.3 is 10.6 Å². The van der Waals surface area contributed by atoms with E-state index in [2.05, 4.69) is 15.7 Å². The molecule has 1 amide bonds. The van der Waals surface area contributed by atoms with Crippen molar-refractivity contribution in [1.29, 1.82) is 0 Å². The molecule has 10 nitrogen and oxygen atoms in total.